The van der Waals surface area contributed by atoms with Crippen molar-refractivity contribution in [3.63, 3.8) is 0 Å². The predicted molar refractivity (Wildman–Crippen MR) is 216 cm³/mol. The summed E-state index contributed by atoms with van der Waals surface area (Å²) in [7, 11) is 1.60. The second kappa shape index (κ2) is 17.2. The highest BCUT2D eigenvalue weighted by Crippen LogP contribution is 2.36. The Morgan fingerprint density at radius 1 is 0.931 bits per heavy atom. The zero-order valence-electron chi connectivity index (χ0n) is 32.3. The molecule has 8 rings (SSSR count). The van der Waals surface area contributed by atoms with E-state index in [1.807, 2.05) is 18.2 Å². The largest absolute Gasteiger partial charge is 0.493 e. The number of benzene rings is 3. The minimum Gasteiger partial charge on any atom is -0.493 e. The van der Waals surface area contributed by atoms with Crippen molar-refractivity contribution in [1.29, 1.82) is 0 Å². The maximum absolute atomic E-state index is 13.7. The average molecular weight is 813 g/mol. The van der Waals surface area contributed by atoms with Crippen LogP contribution in [0.4, 0.5) is 21.6 Å². The van der Waals surface area contributed by atoms with E-state index in [-0.39, 0.29) is 17.9 Å². The van der Waals surface area contributed by atoms with Crippen LogP contribution in [0.25, 0.3) is 10.9 Å². The summed E-state index contributed by atoms with van der Waals surface area (Å²) in [5.74, 6) is -0.179. The zero-order chi connectivity index (χ0) is 40.3. The molecule has 0 radical (unpaired) electrons. The van der Waals surface area contributed by atoms with E-state index in [4.69, 9.17) is 21.1 Å². The molecule has 0 bridgehead atoms. The van der Waals surface area contributed by atoms with Crippen molar-refractivity contribution in [2.24, 2.45) is 5.92 Å². The van der Waals surface area contributed by atoms with Gasteiger partial charge in [-0.3, -0.25) is 29.4 Å². The quantitative estimate of drug-likeness (QED) is 0.118. The first kappa shape index (κ1) is 39.4. The SMILES string of the molecule is COc1cc2ncnc(Nc3ccc(F)c(Cl)c3)c2cc1OCCCN1CCC(CNC2CCCN(c3ccc4c(c3)C(=O)N(C3CCC(=O)NC3=O)C4=O)C2)CC1. The number of rotatable bonds is 13. The molecule has 3 aromatic carbocycles. The van der Waals surface area contributed by atoms with Gasteiger partial charge in [0, 0.05) is 54.9 Å². The van der Waals surface area contributed by atoms with E-state index in [1.165, 1.54) is 18.5 Å². The second-order valence-corrected chi connectivity index (χ2v) is 15.8. The van der Waals surface area contributed by atoms with E-state index < -0.39 is 35.5 Å². The number of aromatic nitrogens is 2. The molecule has 14 nitrogen and oxygen atoms in total. The number of methoxy groups -OCH3 is 1. The summed E-state index contributed by atoms with van der Waals surface area (Å²) in [6, 6.07) is 12.8. The van der Waals surface area contributed by atoms with Crippen LogP contribution in [0.1, 0.15) is 65.7 Å². The van der Waals surface area contributed by atoms with Crippen molar-refractivity contribution in [2.75, 3.05) is 63.2 Å². The fraction of sp³-hybridized carbons (Fsp3) is 0.429. The number of ether oxygens (including phenoxy) is 2. The topological polar surface area (TPSA) is 158 Å². The van der Waals surface area contributed by atoms with E-state index in [2.05, 4.69) is 35.7 Å². The van der Waals surface area contributed by atoms with Crippen LogP contribution < -0.4 is 30.3 Å². The number of likely N-dealkylation sites (tertiary alicyclic amines) is 1. The molecule has 4 aliphatic rings. The summed E-state index contributed by atoms with van der Waals surface area (Å²) in [4.78, 5) is 65.2. The molecule has 2 unspecified atom stereocenters. The van der Waals surface area contributed by atoms with Crippen molar-refractivity contribution in [3.05, 3.63) is 76.8 Å². The van der Waals surface area contributed by atoms with Crippen molar-refractivity contribution in [2.45, 2.75) is 57.0 Å². The molecular weight excluding hydrogens is 767 g/mol. The number of hydrogen-bond donors (Lipinski definition) is 3. The standard InChI is InChI=1S/C42H46ClFN8O6/c1-57-36-21-34-31(39(47-24-46-34)48-26-5-8-33(44)32(43)18-26)20-37(36)58-17-3-13-50-15-11-25(12-16-50)22-45-27-4-2-14-51(23-27)28-6-7-29-30(19-28)42(56)52(41(29)55)35-9-10-38(53)49-40(35)54/h5-8,18-21,24-25,27,35,45H,2-4,9-17,22-23H2,1H3,(H,46,47,48)(H,49,53,54). The minimum atomic E-state index is -0.976. The van der Waals surface area contributed by atoms with Crippen LogP contribution in [0.5, 0.6) is 11.5 Å². The Balaban J connectivity index is 0.784. The van der Waals surface area contributed by atoms with Gasteiger partial charge in [0.1, 0.15) is 24.0 Å². The van der Waals surface area contributed by atoms with Crippen molar-refractivity contribution in [1.82, 2.24) is 30.4 Å². The van der Waals surface area contributed by atoms with Gasteiger partial charge in [0.25, 0.3) is 11.8 Å². The van der Waals surface area contributed by atoms with Gasteiger partial charge in [0.15, 0.2) is 11.5 Å². The molecule has 3 N–H and O–H groups in total. The fourth-order valence-electron chi connectivity index (χ4n) is 8.40. The maximum Gasteiger partial charge on any atom is 0.262 e. The molecule has 0 spiro atoms. The highest BCUT2D eigenvalue weighted by Gasteiger charge is 2.45. The second-order valence-electron chi connectivity index (χ2n) is 15.4. The van der Waals surface area contributed by atoms with Gasteiger partial charge in [0.05, 0.1) is 35.4 Å². The van der Waals surface area contributed by atoms with Gasteiger partial charge in [0.2, 0.25) is 11.8 Å². The van der Waals surface area contributed by atoms with Crippen molar-refractivity contribution < 1.29 is 33.0 Å². The summed E-state index contributed by atoms with van der Waals surface area (Å²) in [5.41, 5.74) is 2.76. The number of anilines is 3. The molecule has 0 aliphatic carbocycles. The van der Waals surface area contributed by atoms with Crippen LogP contribution in [0.3, 0.4) is 0 Å². The molecule has 58 heavy (non-hydrogen) atoms. The predicted octanol–water partition coefficient (Wildman–Crippen LogP) is 5.32. The number of nitrogens with zero attached hydrogens (tertiary/aromatic N) is 5. The Labute approximate surface area is 340 Å². The van der Waals surface area contributed by atoms with Crippen LogP contribution >= 0.6 is 11.6 Å². The first-order valence-electron chi connectivity index (χ1n) is 19.9. The Bertz CT molecular complexity index is 2240. The molecule has 5 heterocycles. The first-order chi connectivity index (χ1) is 28.1. The third-order valence-corrected chi connectivity index (χ3v) is 11.9. The van der Waals surface area contributed by atoms with Crippen LogP contribution in [-0.2, 0) is 9.59 Å². The molecule has 3 fully saturated rings. The summed E-state index contributed by atoms with van der Waals surface area (Å²) < 4.78 is 25.6. The van der Waals surface area contributed by atoms with Crippen LogP contribution in [0.15, 0.2) is 54.9 Å². The molecule has 4 amide bonds. The molecule has 2 atom stereocenters. The molecule has 4 aromatic rings. The summed E-state index contributed by atoms with van der Waals surface area (Å²) in [6.45, 7) is 6.09. The lowest BCUT2D eigenvalue weighted by atomic mass is 9.95. The summed E-state index contributed by atoms with van der Waals surface area (Å²) in [5, 5.41) is 10.0. The van der Waals surface area contributed by atoms with Gasteiger partial charge in [-0.25, -0.2) is 14.4 Å². The van der Waals surface area contributed by atoms with Gasteiger partial charge in [-0.15, -0.1) is 0 Å². The lowest BCUT2D eigenvalue weighted by molar-refractivity contribution is -0.136. The van der Waals surface area contributed by atoms with Gasteiger partial charge in [-0.1, -0.05) is 11.6 Å². The summed E-state index contributed by atoms with van der Waals surface area (Å²) in [6.07, 6.45) is 6.83. The molecular formula is C42H46ClFN8O6. The number of hydrogen-bond acceptors (Lipinski definition) is 12. The van der Waals surface area contributed by atoms with Gasteiger partial charge < -0.3 is 29.9 Å². The highest BCUT2D eigenvalue weighted by molar-refractivity contribution is 6.31. The third-order valence-electron chi connectivity index (χ3n) is 11.6. The molecule has 0 saturated carbocycles. The van der Waals surface area contributed by atoms with Gasteiger partial charge in [-0.05, 0) is 107 Å². The maximum atomic E-state index is 13.7. The number of carbonyl (C=O) groups is 4. The molecule has 3 saturated heterocycles. The van der Waals surface area contributed by atoms with Crippen LogP contribution in [0, 0.1) is 11.7 Å². The number of piperidine rings is 3. The van der Waals surface area contributed by atoms with Crippen LogP contribution in [0.2, 0.25) is 5.02 Å². The minimum absolute atomic E-state index is 0.0150. The molecule has 1 aromatic heterocycles. The smallest absolute Gasteiger partial charge is 0.262 e. The van der Waals surface area contributed by atoms with E-state index in [0.717, 1.165) is 87.3 Å². The number of imide groups is 2. The van der Waals surface area contributed by atoms with Crippen LogP contribution in [-0.4, -0.2) is 108 Å². The lowest BCUT2D eigenvalue weighted by Gasteiger charge is -2.37. The van der Waals surface area contributed by atoms with E-state index in [0.29, 0.717) is 58.2 Å². The number of amides is 4. The Hall–Kier alpha value is -5.38. The monoisotopic (exact) mass is 812 g/mol. The first-order valence-corrected chi connectivity index (χ1v) is 20.3. The number of carbonyl (C=O) groups excluding carboxylic acids is 4. The Kier molecular flexibility index (Phi) is 11.7. The number of halogens is 2. The van der Waals surface area contributed by atoms with E-state index >= 15 is 0 Å². The Morgan fingerprint density at radius 3 is 2.55 bits per heavy atom. The lowest BCUT2D eigenvalue weighted by Crippen LogP contribution is -2.54. The average Bonchev–Trinajstić information content (AvgIpc) is 3.48. The number of fused-ring (bicyclic) bond motifs is 2. The van der Waals surface area contributed by atoms with E-state index in [1.54, 1.807) is 25.3 Å². The summed E-state index contributed by atoms with van der Waals surface area (Å²) >= 11 is 5.98. The van der Waals surface area contributed by atoms with Crippen molar-refractivity contribution >= 4 is 63.3 Å². The molecule has 4 aliphatic heterocycles. The van der Waals surface area contributed by atoms with Crippen molar-refractivity contribution in [3.8, 4) is 11.5 Å². The fourth-order valence-corrected chi connectivity index (χ4v) is 8.58. The van der Waals surface area contributed by atoms with E-state index in [9.17, 15) is 23.6 Å². The highest BCUT2D eigenvalue weighted by atomic mass is 35.5. The molecule has 16 heteroatoms. The van der Waals surface area contributed by atoms with Gasteiger partial charge >= 0.3 is 0 Å². The number of nitrogens with one attached hydrogen (secondary N) is 3. The zero-order valence-corrected chi connectivity index (χ0v) is 33.0. The molecule has 304 valence electrons. The van der Waals surface area contributed by atoms with Gasteiger partial charge in [-0.2, -0.15) is 0 Å². The normalized spacial score (nSPS) is 20.4. The Morgan fingerprint density at radius 2 is 1.76 bits per heavy atom. The third kappa shape index (κ3) is 8.43.